The number of carboxylic acid groups (broad SMARTS) is 3. The minimum atomic E-state index is -0.775. The number of hydrogen-bond acceptors (Lipinski definition) is 3. The van der Waals surface area contributed by atoms with Crippen molar-refractivity contribution in [2.75, 3.05) is 26.2 Å². The minimum absolute atomic E-state index is 0.164. The van der Waals surface area contributed by atoms with Crippen LogP contribution in [0.15, 0.2) is 12.2 Å². The summed E-state index contributed by atoms with van der Waals surface area (Å²) in [6, 6.07) is 0. The number of carboxylic acids is 3. The van der Waals surface area contributed by atoms with E-state index in [4.69, 9.17) is 15.3 Å². The van der Waals surface area contributed by atoms with E-state index in [1.54, 1.807) is 0 Å². The lowest BCUT2D eigenvalue weighted by molar-refractivity contribution is -0.928. The monoisotopic (exact) mass is 611 g/mol. The highest BCUT2D eigenvalue weighted by atomic mass is 16.4. The van der Waals surface area contributed by atoms with E-state index in [9.17, 15) is 14.4 Å². The van der Waals surface area contributed by atoms with E-state index in [0.29, 0.717) is 19.3 Å². The number of rotatable bonds is 34. The number of aliphatic carboxylic acids is 3. The molecule has 0 aromatic carbocycles. The van der Waals surface area contributed by atoms with E-state index >= 15 is 0 Å². The van der Waals surface area contributed by atoms with Gasteiger partial charge in [0, 0.05) is 25.7 Å². The number of quaternary nitrogens is 1. The molecule has 0 aliphatic carbocycles. The lowest BCUT2D eigenvalue weighted by atomic mass is 10.0. The van der Waals surface area contributed by atoms with Gasteiger partial charge in [-0.1, -0.05) is 109 Å². The Labute approximate surface area is 264 Å². The van der Waals surface area contributed by atoms with Gasteiger partial charge in [0.1, 0.15) is 0 Å². The van der Waals surface area contributed by atoms with Crippen LogP contribution in [0.2, 0.25) is 0 Å². The molecule has 0 saturated carbocycles. The van der Waals surface area contributed by atoms with Gasteiger partial charge in [-0.05, 0) is 51.4 Å². The number of allylic oxidation sites excluding steroid dienone is 1. The van der Waals surface area contributed by atoms with Crippen LogP contribution in [0.25, 0.3) is 0 Å². The second-order valence-corrected chi connectivity index (χ2v) is 12.8. The van der Waals surface area contributed by atoms with Crippen LogP contribution in [-0.4, -0.2) is 63.9 Å². The van der Waals surface area contributed by atoms with Gasteiger partial charge in [0.2, 0.25) is 0 Å². The number of unbranched alkanes of at least 4 members (excludes halogenated alkanes) is 18. The number of nitrogens with zero attached hydrogens (tertiary/aromatic N) is 1. The highest BCUT2D eigenvalue weighted by Crippen LogP contribution is 2.19. The molecular weight excluding hydrogens is 542 g/mol. The molecule has 0 aliphatic heterocycles. The first-order valence-corrected chi connectivity index (χ1v) is 18.0. The Morgan fingerprint density at radius 1 is 0.419 bits per heavy atom. The molecule has 0 aliphatic rings. The predicted molar refractivity (Wildman–Crippen MR) is 177 cm³/mol. The van der Waals surface area contributed by atoms with E-state index < -0.39 is 17.9 Å². The molecule has 0 heterocycles. The molecule has 0 aromatic heterocycles. The summed E-state index contributed by atoms with van der Waals surface area (Å²) in [5.41, 5.74) is 0. The molecular formula is C36H68NO6+. The van der Waals surface area contributed by atoms with E-state index in [1.165, 1.54) is 96.3 Å². The van der Waals surface area contributed by atoms with Crippen molar-refractivity contribution in [3.8, 4) is 0 Å². The molecule has 0 bridgehead atoms. The first kappa shape index (κ1) is 41.1. The second-order valence-electron chi connectivity index (χ2n) is 12.8. The lowest BCUT2D eigenvalue weighted by Gasteiger charge is -2.39. The molecule has 0 spiro atoms. The van der Waals surface area contributed by atoms with Gasteiger partial charge in [-0.2, -0.15) is 0 Å². The van der Waals surface area contributed by atoms with Crippen molar-refractivity contribution in [1.29, 1.82) is 0 Å². The third-order valence-electron chi connectivity index (χ3n) is 8.73. The van der Waals surface area contributed by atoms with Crippen LogP contribution in [0.1, 0.15) is 174 Å². The summed E-state index contributed by atoms with van der Waals surface area (Å²) in [6.07, 6.45) is 32.0. The molecule has 0 aromatic rings. The summed E-state index contributed by atoms with van der Waals surface area (Å²) in [5, 5.41) is 27.1. The standard InChI is InChI=1S/C36H67NO6/c1-2-3-4-5-6-7-8-9-10-11-12-13-14-15-16-17-18-19-23-30-37(31-24-20-27-34(38)39,32-25-21-28-35(40)41)33-26-22-29-36(42)43/h18-19H,2-17,20-33H2,1H3,(H2-,38,39,40,41,42,43)/p+1/b19-18+. The predicted octanol–water partition coefficient (Wildman–Crippen LogP) is 9.78. The average Bonchev–Trinajstić information content (AvgIpc) is 2.96. The Balaban J connectivity index is 4.35. The molecule has 7 heteroatoms. The molecule has 0 fully saturated rings. The fourth-order valence-corrected chi connectivity index (χ4v) is 6.06. The first-order chi connectivity index (χ1) is 20.8. The minimum Gasteiger partial charge on any atom is -0.481 e. The van der Waals surface area contributed by atoms with Crippen LogP contribution in [0.3, 0.4) is 0 Å². The molecule has 7 nitrogen and oxygen atoms in total. The summed E-state index contributed by atoms with van der Waals surface area (Å²) >= 11 is 0. The Morgan fingerprint density at radius 3 is 1.09 bits per heavy atom. The first-order valence-electron chi connectivity index (χ1n) is 18.0. The van der Waals surface area contributed by atoms with Gasteiger partial charge in [0.05, 0.1) is 26.2 Å². The average molecular weight is 611 g/mol. The molecule has 0 radical (unpaired) electrons. The SMILES string of the molecule is CCCCCCCCCCCCCCCCC/C=C/CC[N+](CCCCC(=O)O)(CCCCC(=O)O)CCCCC(=O)O. The van der Waals surface area contributed by atoms with Crippen molar-refractivity contribution in [2.24, 2.45) is 0 Å². The highest BCUT2D eigenvalue weighted by molar-refractivity contribution is 5.67. The zero-order valence-electron chi connectivity index (χ0n) is 27.9. The van der Waals surface area contributed by atoms with E-state index in [0.717, 1.165) is 62.8 Å². The van der Waals surface area contributed by atoms with Gasteiger partial charge in [0.15, 0.2) is 0 Å². The largest absolute Gasteiger partial charge is 0.481 e. The third kappa shape index (κ3) is 29.9. The molecule has 0 rings (SSSR count). The summed E-state index contributed by atoms with van der Waals surface area (Å²) in [7, 11) is 0. The van der Waals surface area contributed by atoms with E-state index in [-0.39, 0.29) is 19.3 Å². The number of hydrogen-bond donors (Lipinski definition) is 3. The van der Waals surface area contributed by atoms with E-state index in [2.05, 4.69) is 19.1 Å². The quantitative estimate of drug-likeness (QED) is 0.0380. The maximum absolute atomic E-state index is 11.0. The van der Waals surface area contributed by atoms with Crippen LogP contribution in [-0.2, 0) is 14.4 Å². The van der Waals surface area contributed by atoms with Crippen LogP contribution < -0.4 is 0 Å². The second kappa shape index (κ2) is 30.1. The van der Waals surface area contributed by atoms with Gasteiger partial charge < -0.3 is 19.8 Å². The fraction of sp³-hybridized carbons (Fsp3) is 0.861. The zero-order chi connectivity index (χ0) is 31.9. The third-order valence-corrected chi connectivity index (χ3v) is 8.73. The Bertz CT molecular complexity index is 653. The maximum Gasteiger partial charge on any atom is 0.303 e. The molecule has 0 atom stereocenters. The Hall–Kier alpha value is -1.89. The maximum atomic E-state index is 11.0. The Kier molecular flexibility index (Phi) is 28.8. The van der Waals surface area contributed by atoms with Crippen molar-refractivity contribution < 1.29 is 34.2 Å². The van der Waals surface area contributed by atoms with Crippen LogP contribution in [0.4, 0.5) is 0 Å². The van der Waals surface area contributed by atoms with Gasteiger partial charge in [-0.3, -0.25) is 14.4 Å². The summed E-state index contributed by atoms with van der Waals surface area (Å²) < 4.78 is 0.822. The number of carbonyl (C=O) groups is 3. The topological polar surface area (TPSA) is 112 Å². The summed E-state index contributed by atoms with van der Waals surface area (Å²) in [4.78, 5) is 33.0. The van der Waals surface area contributed by atoms with Crippen molar-refractivity contribution in [1.82, 2.24) is 0 Å². The van der Waals surface area contributed by atoms with Crippen molar-refractivity contribution in [3.05, 3.63) is 12.2 Å². The summed E-state index contributed by atoms with van der Waals surface area (Å²) in [5.74, 6) is -2.33. The molecule has 0 unspecified atom stereocenters. The molecule has 43 heavy (non-hydrogen) atoms. The summed E-state index contributed by atoms with van der Waals surface area (Å²) in [6.45, 7) is 5.79. The fourth-order valence-electron chi connectivity index (χ4n) is 6.06. The lowest BCUT2D eigenvalue weighted by Crippen LogP contribution is -2.50. The van der Waals surface area contributed by atoms with E-state index in [1.807, 2.05) is 0 Å². The van der Waals surface area contributed by atoms with Crippen molar-refractivity contribution in [2.45, 2.75) is 174 Å². The van der Waals surface area contributed by atoms with Crippen molar-refractivity contribution in [3.63, 3.8) is 0 Å². The van der Waals surface area contributed by atoms with Crippen LogP contribution in [0, 0.1) is 0 Å². The van der Waals surface area contributed by atoms with Gasteiger partial charge in [-0.25, -0.2) is 0 Å². The molecule has 252 valence electrons. The molecule has 0 saturated heterocycles. The Morgan fingerprint density at radius 2 is 0.744 bits per heavy atom. The van der Waals surface area contributed by atoms with Gasteiger partial charge in [0.25, 0.3) is 0 Å². The molecule has 0 amide bonds. The van der Waals surface area contributed by atoms with Gasteiger partial charge in [-0.15, -0.1) is 0 Å². The van der Waals surface area contributed by atoms with Crippen LogP contribution >= 0.6 is 0 Å². The van der Waals surface area contributed by atoms with Crippen molar-refractivity contribution >= 4 is 17.9 Å². The zero-order valence-corrected chi connectivity index (χ0v) is 27.9. The van der Waals surface area contributed by atoms with Gasteiger partial charge >= 0.3 is 17.9 Å². The molecule has 3 N–H and O–H groups in total. The van der Waals surface area contributed by atoms with Crippen LogP contribution in [0.5, 0.6) is 0 Å². The normalized spacial score (nSPS) is 11.8. The highest BCUT2D eigenvalue weighted by Gasteiger charge is 2.26. The smallest absolute Gasteiger partial charge is 0.303 e.